The normalized spacial score (nSPS) is 11.4. The van der Waals surface area contributed by atoms with Crippen LogP contribution in [-0.4, -0.2) is 40.5 Å². The van der Waals surface area contributed by atoms with E-state index in [0.717, 1.165) is 0 Å². The third kappa shape index (κ3) is 4.06. The molecule has 0 heterocycles. The molecular formula is C14H20N2O3. The third-order valence-corrected chi connectivity index (χ3v) is 3.09. The summed E-state index contributed by atoms with van der Waals surface area (Å²) in [4.78, 5) is 24.7. The van der Waals surface area contributed by atoms with Crippen molar-refractivity contribution in [1.29, 1.82) is 0 Å². The molecule has 0 saturated carbocycles. The van der Waals surface area contributed by atoms with Gasteiger partial charge in [0.15, 0.2) is 0 Å². The maximum Gasteiger partial charge on any atom is 0.323 e. The maximum atomic E-state index is 11.9. The Kier molecular flexibility index (Phi) is 5.06. The second-order valence-electron chi connectivity index (χ2n) is 4.79. The van der Waals surface area contributed by atoms with Crippen LogP contribution >= 0.6 is 0 Å². The zero-order valence-corrected chi connectivity index (χ0v) is 11.5. The van der Waals surface area contributed by atoms with Crippen LogP contribution < -0.4 is 5.32 Å². The van der Waals surface area contributed by atoms with Crippen molar-refractivity contribution < 1.29 is 14.7 Å². The van der Waals surface area contributed by atoms with E-state index in [1.54, 1.807) is 30.9 Å². The number of carboxylic acid groups (broad SMARTS) is 1. The fourth-order valence-corrected chi connectivity index (χ4v) is 1.74. The van der Waals surface area contributed by atoms with Crippen LogP contribution in [-0.2, 0) is 9.59 Å². The third-order valence-electron chi connectivity index (χ3n) is 3.09. The largest absolute Gasteiger partial charge is 0.480 e. The Morgan fingerprint density at radius 2 is 1.84 bits per heavy atom. The number of likely N-dealkylation sites (N-methyl/N-ethyl adjacent to an activating group) is 1. The minimum atomic E-state index is -1.07. The molecule has 1 aromatic carbocycles. The number of carbonyl (C=O) groups excluding carboxylic acids is 1. The Labute approximate surface area is 113 Å². The van der Waals surface area contributed by atoms with Gasteiger partial charge in [-0.2, -0.15) is 0 Å². The van der Waals surface area contributed by atoms with Crippen molar-refractivity contribution in [2.45, 2.75) is 26.3 Å². The number of rotatable bonds is 6. The Morgan fingerprint density at radius 3 is 2.32 bits per heavy atom. The summed E-state index contributed by atoms with van der Waals surface area (Å²) in [6, 6.07) is 9.09. The molecule has 1 amide bonds. The molecular weight excluding hydrogens is 244 g/mol. The summed E-state index contributed by atoms with van der Waals surface area (Å²) < 4.78 is 0. The van der Waals surface area contributed by atoms with Crippen LogP contribution in [0.5, 0.6) is 0 Å². The highest BCUT2D eigenvalue weighted by molar-refractivity contribution is 5.92. The molecule has 1 rings (SSSR count). The molecule has 2 N–H and O–H groups in total. The van der Waals surface area contributed by atoms with Crippen molar-refractivity contribution in [1.82, 2.24) is 4.90 Å². The Bertz CT molecular complexity index is 443. The van der Waals surface area contributed by atoms with Crippen molar-refractivity contribution in [2.24, 2.45) is 0 Å². The highest BCUT2D eigenvalue weighted by Gasteiger charge is 2.34. The first-order valence-electron chi connectivity index (χ1n) is 6.21. The van der Waals surface area contributed by atoms with Crippen LogP contribution in [0.3, 0.4) is 0 Å². The summed E-state index contributed by atoms with van der Waals surface area (Å²) in [5.41, 5.74) is -0.361. The first kappa shape index (κ1) is 15.2. The average Bonchev–Trinajstić information content (AvgIpc) is 2.36. The van der Waals surface area contributed by atoms with E-state index < -0.39 is 11.5 Å². The first-order valence-corrected chi connectivity index (χ1v) is 6.21. The highest BCUT2D eigenvalue weighted by Crippen LogP contribution is 2.14. The smallest absolute Gasteiger partial charge is 0.323 e. The SMILES string of the molecule is CCN(CC(=O)Nc1ccccc1)C(C)(C)C(=O)O. The summed E-state index contributed by atoms with van der Waals surface area (Å²) in [5.74, 6) is -1.16. The van der Waals surface area contributed by atoms with Crippen molar-refractivity contribution in [3.63, 3.8) is 0 Å². The van der Waals surface area contributed by atoms with E-state index in [-0.39, 0.29) is 12.5 Å². The Balaban J connectivity index is 2.67. The van der Waals surface area contributed by atoms with E-state index in [9.17, 15) is 14.7 Å². The Hall–Kier alpha value is -1.88. The van der Waals surface area contributed by atoms with E-state index >= 15 is 0 Å². The van der Waals surface area contributed by atoms with Crippen LogP contribution in [0.15, 0.2) is 30.3 Å². The fraction of sp³-hybridized carbons (Fsp3) is 0.429. The lowest BCUT2D eigenvalue weighted by molar-refractivity contribution is -0.149. The number of nitrogens with zero attached hydrogens (tertiary/aromatic N) is 1. The van der Waals surface area contributed by atoms with Crippen LogP contribution in [0.4, 0.5) is 5.69 Å². The molecule has 1 aromatic rings. The molecule has 0 atom stereocenters. The number of amides is 1. The van der Waals surface area contributed by atoms with E-state index in [4.69, 9.17) is 0 Å². The second kappa shape index (κ2) is 6.33. The van der Waals surface area contributed by atoms with Gasteiger partial charge in [0.1, 0.15) is 5.54 Å². The van der Waals surface area contributed by atoms with E-state index in [2.05, 4.69) is 5.32 Å². The number of hydrogen-bond donors (Lipinski definition) is 2. The second-order valence-corrected chi connectivity index (χ2v) is 4.79. The van der Waals surface area contributed by atoms with Gasteiger partial charge in [0.2, 0.25) is 5.91 Å². The van der Waals surface area contributed by atoms with Gasteiger partial charge >= 0.3 is 5.97 Å². The highest BCUT2D eigenvalue weighted by atomic mass is 16.4. The van der Waals surface area contributed by atoms with Gasteiger partial charge in [-0.05, 0) is 32.5 Å². The van der Waals surface area contributed by atoms with Gasteiger partial charge in [0.25, 0.3) is 0 Å². The monoisotopic (exact) mass is 264 g/mol. The number of para-hydroxylation sites is 1. The number of carboxylic acids is 1. The molecule has 104 valence electrons. The summed E-state index contributed by atoms with van der Waals surface area (Å²) in [6.45, 7) is 5.55. The number of hydrogen-bond acceptors (Lipinski definition) is 3. The molecule has 0 aromatic heterocycles. The van der Waals surface area contributed by atoms with Crippen molar-refractivity contribution in [2.75, 3.05) is 18.4 Å². The standard InChI is InChI=1S/C14H20N2O3/c1-4-16(14(2,3)13(18)19)10-12(17)15-11-8-6-5-7-9-11/h5-9H,4,10H2,1-3H3,(H,15,17)(H,18,19). The summed E-state index contributed by atoms with van der Waals surface area (Å²) in [7, 11) is 0. The van der Waals surface area contributed by atoms with Gasteiger partial charge in [0.05, 0.1) is 6.54 Å². The fourth-order valence-electron chi connectivity index (χ4n) is 1.74. The zero-order valence-electron chi connectivity index (χ0n) is 11.5. The molecule has 0 fully saturated rings. The lowest BCUT2D eigenvalue weighted by Crippen LogP contribution is -2.52. The van der Waals surface area contributed by atoms with Crippen molar-refractivity contribution in [3.8, 4) is 0 Å². The summed E-state index contributed by atoms with van der Waals surface area (Å²) >= 11 is 0. The minimum Gasteiger partial charge on any atom is -0.480 e. The predicted molar refractivity (Wildman–Crippen MR) is 74.0 cm³/mol. The van der Waals surface area contributed by atoms with Gasteiger partial charge in [-0.15, -0.1) is 0 Å². The first-order chi connectivity index (χ1) is 8.87. The molecule has 0 bridgehead atoms. The quantitative estimate of drug-likeness (QED) is 0.822. The van der Waals surface area contributed by atoms with Crippen LogP contribution in [0.2, 0.25) is 0 Å². The molecule has 0 spiro atoms. The van der Waals surface area contributed by atoms with Gasteiger partial charge in [-0.25, -0.2) is 0 Å². The van der Waals surface area contributed by atoms with E-state index in [0.29, 0.717) is 12.2 Å². The van der Waals surface area contributed by atoms with Crippen LogP contribution in [0, 0.1) is 0 Å². The number of benzene rings is 1. The number of nitrogens with one attached hydrogen (secondary N) is 1. The average molecular weight is 264 g/mol. The van der Waals surface area contributed by atoms with Crippen molar-refractivity contribution in [3.05, 3.63) is 30.3 Å². The summed E-state index contributed by atoms with van der Waals surface area (Å²) in [6.07, 6.45) is 0. The van der Waals surface area contributed by atoms with Gasteiger partial charge in [0, 0.05) is 5.69 Å². The maximum absolute atomic E-state index is 11.9. The molecule has 0 aliphatic heterocycles. The topological polar surface area (TPSA) is 69.6 Å². The molecule has 0 aliphatic carbocycles. The lowest BCUT2D eigenvalue weighted by atomic mass is 10.0. The minimum absolute atomic E-state index is 0.0463. The molecule has 0 aliphatic rings. The van der Waals surface area contributed by atoms with E-state index in [1.807, 2.05) is 25.1 Å². The van der Waals surface area contributed by atoms with Crippen molar-refractivity contribution >= 4 is 17.6 Å². The number of anilines is 1. The molecule has 19 heavy (non-hydrogen) atoms. The van der Waals surface area contributed by atoms with E-state index in [1.165, 1.54) is 0 Å². The molecule has 0 saturated heterocycles. The van der Waals surface area contributed by atoms with Crippen LogP contribution in [0.1, 0.15) is 20.8 Å². The number of aliphatic carboxylic acids is 1. The van der Waals surface area contributed by atoms with Crippen LogP contribution in [0.25, 0.3) is 0 Å². The van der Waals surface area contributed by atoms with Gasteiger partial charge in [-0.1, -0.05) is 25.1 Å². The molecule has 5 nitrogen and oxygen atoms in total. The molecule has 0 unspecified atom stereocenters. The zero-order chi connectivity index (χ0) is 14.5. The lowest BCUT2D eigenvalue weighted by Gasteiger charge is -2.33. The molecule has 0 radical (unpaired) electrons. The van der Waals surface area contributed by atoms with Gasteiger partial charge in [-0.3, -0.25) is 14.5 Å². The summed E-state index contributed by atoms with van der Waals surface area (Å²) in [5, 5.41) is 11.9. The molecule has 5 heteroatoms. The van der Waals surface area contributed by atoms with Gasteiger partial charge < -0.3 is 10.4 Å². The number of carbonyl (C=O) groups is 2. The Morgan fingerprint density at radius 1 is 1.26 bits per heavy atom. The predicted octanol–water partition coefficient (Wildman–Crippen LogP) is 1.81.